The third-order valence-corrected chi connectivity index (χ3v) is 8.06. The highest BCUT2D eigenvalue weighted by Crippen LogP contribution is 2.45. The lowest BCUT2D eigenvalue weighted by Crippen LogP contribution is -2.28. The Balaban J connectivity index is 1.69. The standard InChI is InChI=1S/C25H26BrN3O5S/c1-25(2,3)15-6-7-17-20(11-15)35-24(21(17)23(31)27-13-16-5-4-8-34-16)28-12-14-9-18(26)22(30)19(10-14)29(32)33/h4-5,8-10,12,15,30H,6-7,11,13H2,1-3H3,(H,27,31)/t15-/m0/s1. The maximum Gasteiger partial charge on any atom is 0.312 e. The molecular weight excluding hydrogens is 534 g/mol. The van der Waals surface area contributed by atoms with E-state index < -0.39 is 16.4 Å². The Morgan fingerprint density at radius 1 is 1.43 bits per heavy atom. The highest BCUT2D eigenvalue weighted by atomic mass is 79.9. The smallest absolute Gasteiger partial charge is 0.312 e. The molecule has 1 aliphatic carbocycles. The van der Waals surface area contributed by atoms with Crippen molar-refractivity contribution in [2.24, 2.45) is 16.3 Å². The Labute approximate surface area is 215 Å². The Hall–Kier alpha value is -2.98. The fourth-order valence-corrected chi connectivity index (χ4v) is 5.99. The van der Waals surface area contributed by atoms with Crippen LogP contribution in [0.2, 0.25) is 0 Å². The summed E-state index contributed by atoms with van der Waals surface area (Å²) in [6, 6.07) is 6.37. The van der Waals surface area contributed by atoms with Gasteiger partial charge in [-0.25, -0.2) is 4.99 Å². The van der Waals surface area contributed by atoms with Crippen molar-refractivity contribution in [3.63, 3.8) is 0 Å². The minimum absolute atomic E-state index is 0.157. The number of fused-ring (bicyclic) bond motifs is 1. The molecule has 35 heavy (non-hydrogen) atoms. The zero-order valence-corrected chi connectivity index (χ0v) is 22.0. The van der Waals surface area contributed by atoms with Crippen LogP contribution in [0.4, 0.5) is 10.7 Å². The molecule has 184 valence electrons. The molecule has 3 aromatic rings. The molecule has 1 atom stereocenters. The summed E-state index contributed by atoms with van der Waals surface area (Å²) in [6.07, 6.45) is 5.72. The van der Waals surface area contributed by atoms with Crippen molar-refractivity contribution in [2.45, 2.75) is 46.6 Å². The summed E-state index contributed by atoms with van der Waals surface area (Å²) in [5.41, 5.74) is 1.74. The van der Waals surface area contributed by atoms with Gasteiger partial charge in [0.2, 0.25) is 5.75 Å². The third-order valence-electron chi connectivity index (χ3n) is 6.29. The predicted octanol–water partition coefficient (Wildman–Crippen LogP) is 6.55. The fourth-order valence-electron chi connectivity index (χ4n) is 4.26. The molecule has 0 saturated carbocycles. The molecule has 8 nitrogen and oxygen atoms in total. The summed E-state index contributed by atoms with van der Waals surface area (Å²) < 4.78 is 5.53. The van der Waals surface area contributed by atoms with Gasteiger partial charge in [0, 0.05) is 22.7 Å². The molecule has 1 amide bonds. The van der Waals surface area contributed by atoms with Crippen molar-refractivity contribution < 1.29 is 19.2 Å². The minimum atomic E-state index is -0.651. The highest BCUT2D eigenvalue weighted by molar-refractivity contribution is 9.10. The molecule has 10 heteroatoms. The monoisotopic (exact) mass is 559 g/mol. The van der Waals surface area contributed by atoms with Crippen LogP contribution in [0.15, 0.2) is 44.4 Å². The number of nitrogens with one attached hydrogen (secondary N) is 1. The number of aromatic hydroxyl groups is 1. The van der Waals surface area contributed by atoms with E-state index in [0.29, 0.717) is 27.8 Å². The van der Waals surface area contributed by atoms with Gasteiger partial charge in [-0.3, -0.25) is 14.9 Å². The van der Waals surface area contributed by atoms with Crippen LogP contribution in [0.1, 0.15) is 59.3 Å². The number of furan rings is 1. The first-order chi connectivity index (χ1) is 16.5. The normalized spacial score (nSPS) is 15.8. The number of phenols is 1. The maximum atomic E-state index is 13.3. The van der Waals surface area contributed by atoms with Crippen LogP contribution in [-0.4, -0.2) is 22.2 Å². The van der Waals surface area contributed by atoms with Crippen molar-refractivity contribution in [1.82, 2.24) is 5.32 Å². The van der Waals surface area contributed by atoms with Crippen LogP contribution in [0.25, 0.3) is 0 Å². The third kappa shape index (κ3) is 5.48. The molecule has 0 fully saturated rings. The van der Waals surface area contributed by atoms with Gasteiger partial charge in [0.05, 0.1) is 27.8 Å². The van der Waals surface area contributed by atoms with Crippen molar-refractivity contribution >= 4 is 50.1 Å². The number of phenolic OH excluding ortho intramolecular Hbond substituents is 1. The van der Waals surface area contributed by atoms with Gasteiger partial charge in [0.1, 0.15) is 10.8 Å². The highest BCUT2D eigenvalue weighted by Gasteiger charge is 2.33. The molecule has 0 radical (unpaired) electrons. The number of carbonyl (C=O) groups excluding carboxylic acids is 1. The second-order valence-electron chi connectivity index (χ2n) is 9.64. The Kier molecular flexibility index (Phi) is 7.14. The number of hydrogen-bond donors (Lipinski definition) is 2. The minimum Gasteiger partial charge on any atom is -0.501 e. The van der Waals surface area contributed by atoms with Gasteiger partial charge in [-0.15, -0.1) is 11.3 Å². The van der Waals surface area contributed by atoms with E-state index in [0.717, 1.165) is 29.7 Å². The number of benzene rings is 1. The lowest BCUT2D eigenvalue weighted by atomic mass is 9.72. The predicted molar refractivity (Wildman–Crippen MR) is 139 cm³/mol. The number of nitrogens with zero attached hydrogens (tertiary/aromatic N) is 2. The molecule has 0 aliphatic heterocycles. The molecule has 0 spiro atoms. The number of nitro groups is 1. The maximum absolute atomic E-state index is 13.3. The Morgan fingerprint density at radius 3 is 2.86 bits per heavy atom. The first kappa shape index (κ1) is 25.1. The molecule has 2 aromatic heterocycles. The van der Waals surface area contributed by atoms with E-state index in [1.807, 2.05) is 0 Å². The number of carbonyl (C=O) groups is 1. The number of nitro benzene ring substituents is 1. The largest absolute Gasteiger partial charge is 0.501 e. The second-order valence-corrected chi connectivity index (χ2v) is 11.6. The number of hydrogen-bond acceptors (Lipinski definition) is 7. The summed E-state index contributed by atoms with van der Waals surface area (Å²) in [7, 11) is 0. The van der Waals surface area contributed by atoms with Gasteiger partial charge in [0.15, 0.2) is 0 Å². The van der Waals surface area contributed by atoms with Crippen LogP contribution in [0, 0.1) is 21.4 Å². The van der Waals surface area contributed by atoms with Crippen LogP contribution < -0.4 is 5.32 Å². The molecule has 0 unspecified atom stereocenters. The Bertz CT molecular complexity index is 1290. The average Bonchev–Trinajstić information content (AvgIpc) is 3.44. The van der Waals surface area contributed by atoms with Crippen molar-refractivity contribution in [1.29, 1.82) is 0 Å². The van der Waals surface area contributed by atoms with Crippen molar-refractivity contribution in [3.05, 3.63) is 72.4 Å². The van der Waals surface area contributed by atoms with Gasteiger partial charge in [-0.1, -0.05) is 20.8 Å². The quantitative estimate of drug-likeness (QED) is 0.201. The molecule has 0 bridgehead atoms. The van der Waals surface area contributed by atoms with Crippen molar-refractivity contribution in [3.8, 4) is 5.75 Å². The zero-order valence-electron chi connectivity index (χ0n) is 19.6. The summed E-state index contributed by atoms with van der Waals surface area (Å²) in [5.74, 6) is 0.491. The molecule has 4 rings (SSSR count). The van der Waals surface area contributed by atoms with E-state index >= 15 is 0 Å². The number of aliphatic imine (C=N–C) groups is 1. The topological polar surface area (TPSA) is 118 Å². The van der Waals surface area contributed by atoms with Crippen LogP contribution in [0.3, 0.4) is 0 Å². The first-order valence-electron chi connectivity index (χ1n) is 11.2. The molecule has 0 saturated heterocycles. The lowest BCUT2D eigenvalue weighted by Gasteiger charge is -2.33. The number of amides is 1. The van der Waals surface area contributed by atoms with Gasteiger partial charge in [-0.05, 0) is 70.3 Å². The van der Waals surface area contributed by atoms with Gasteiger partial charge >= 0.3 is 5.69 Å². The van der Waals surface area contributed by atoms with E-state index in [1.54, 1.807) is 24.5 Å². The van der Waals surface area contributed by atoms with Crippen LogP contribution >= 0.6 is 27.3 Å². The van der Waals surface area contributed by atoms with Crippen molar-refractivity contribution in [2.75, 3.05) is 0 Å². The zero-order chi connectivity index (χ0) is 25.3. The van der Waals surface area contributed by atoms with E-state index in [9.17, 15) is 20.0 Å². The van der Waals surface area contributed by atoms with Crippen LogP contribution in [-0.2, 0) is 19.4 Å². The molecule has 2 heterocycles. The lowest BCUT2D eigenvalue weighted by molar-refractivity contribution is -0.386. The number of halogens is 1. The second kappa shape index (κ2) is 9.94. The average molecular weight is 560 g/mol. The fraction of sp³-hybridized carbons (Fsp3) is 0.360. The van der Waals surface area contributed by atoms with Gasteiger partial charge in [0.25, 0.3) is 5.91 Å². The molecule has 2 N–H and O–H groups in total. The van der Waals surface area contributed by atoms with Gasteiger partial charge < -0.3 is 14.8 Å². The van der Waals surface area contributed by atoms with E-state index in [-0.39, 0.29) is 22.3 Å². The summed E-state index contributed by atoms with van der Waals surface area (Å²) in [5, 5.41) is 24.7. The van der Waals surface area contributed by atoms with Crippen LogP contribution in [0.5, 0.6) is 5.75 Å². The van der Waals surface area contributed by atoms with E-state index in [2.05, 4.69) is 47.0 Å². The van der Waals surface area contributed by atoms with E-state index in [1.165, 1.54) is 23.6 Å². The molecular formula is C25H26BrN3O5S. The van der Waals surface area contributed by atoms with Gasteiger partial charge in [-0.2, -0.15) is 0 Å². The molecule has 1 aromatic carbocycles. The molecule has 1 aliphatic rings. The summed E-state index contributed by atoms with van der Waals surface area (Å²) in [6.45, 7) is 6.98. The van der Waals surface area contributed by atoms with E-state index in [4.69, 9.17) is 4.42 Å². The summed E-state index contributed by atoms with van der Waals surface area (Å²) >= 11 is 4.65. The number of thiophene rings is 1. The first-order valence-corrected chi connectivity index (χ1v) is 12.8. The number of rotatable bonds is 6. The Morgan fingerprint density at radius 2 is 2.20 bits per heavy atom. The summed E-state index contributed by atoms with van der Waals surface area (Å²) in [4.78, 5) is 29.7. The SMILES string of the molecule is CC(C)(C)[C@H]1CCc2c(sc(N=Cc3cc(Br)c(O)c([N+](=O)[O-])c3)c2C(=O)NCc2ccco2)C1.